The van der Waals surface area contributed by atoms with Crippen molar-refractivity contribution in [2.24, 2.45) is 11.3 Å². The summed E-state index contributed by atoms with van der Waals surface area (Å²) in [6.45, 7) is 11.0. The van der Waals surface area contributed by atoms with Crippen LogP contribution in [0, 0.1) is 11.3 Å². The minimum Gasteiger partial charge on any atom is -0.465 e. The molecule has 8 aliphatic rings. The fourth-order valence-corrected chi connectivity index (χ4v) is 18.1. The highest BCUT2D eigenvalue weighted by atomic mass is 16.7. The third-order valence-electron chi connectivity index (χ3n) is 20.2. The van der Waals surface area contributed by atoms with Gasteiger partial charge in [-0.25, -0.2) is 9.59 Å². The highest BCUT2D eigenvalue weighted by molar-refractivity contribution is 6.59. The molecule has 10 nitrogen and oxygen atoms in total. The van der Waals surface area contributed by atoms with E-state index in [2.05, 4.69) is 30.4 Å². The number of fused-ring (bicyclic) bond motifs is 1. The molecule has 0 bridgehead atoms. The van der Waals surface area contributed by atoms with Crippen LogP contribution in [0.15, 0.2) is 78.9 Å². The summed E-state index contributed by atoms with van der Waals surface area (Å²) in [4.78, 5) is 56.8. The van der Waals surface area contributed by atoms with E-state index in [1.54, 1.807) is 65.8 Å². The van der Waals surface area contributed by atoms with Crippen LogP contribution in [0.25, 0.3) is 97.3 Å². The first-order chi connectivity index (χ1) is 38.5. The molecule has 4 atom stereocenters. The predicted molar refractivity (Wildman–Crippen MR) is 307 cm³/mol. The van der Waals surface area contributed by atoms with Crippen molar-refractivity contribution in [1.29, 1.82) is 0 Å². The van der Waals surface area contributed by atoms with Crippen molar-refractivity contribution < 1.29 is 47.6 Å². The lowest BCUT2D eigenvalue weighted by Crippen LogP contribution is -2.37. The third-order valence-corrected chi connectivity index (χ3v) is 20.2. The number of allylic oxidation sites excluding steroid dienone is 4. The Balaban J connectivity index is 0.735. The molecule has 11 aromatic rings. The van der Waals surface area contributed by atoms with E-state index in [0.29, 0.717) is 43.6 Å². The van der Waals surface area contributed by atoms with Gasteiger partial charge in [-0.3, -0.25) is 9.59 Å². The van der Waals surface area contributed by atoms with Crippen LogP contribution in [0.3, 0.4) is 0 Å². The predicted octanol–water partition coefficient (Wildman–Crippen LogP) is 15.1. The zero-order valence-corrected chi connectivity index (χ0v) is 45.2. The van der Waals surface area contributed by atoms with Crippen molar-refractivity contribution in [3.63, 3.8) is 0 Å². The molecule has 0 aromatic heterocycles. The summed E-state index contributed by atoms with van der Waals surface area (Å²) >= 11 is 0. The molecule has 4 unspecified atom stereocenters. The second-order valence-electron chi connectivity index (χ2n) is 26.6. The van der Waals surface area contributed by atoms with E-state index in [0.717, 1.165) is 29.5 Å². The Labute approximate surface area is 458 Å². The Morgan fingerprint density at radius 1 is 0.525 bits per heavy atom. The Hall–Kier alpha value is -8.24. The first-order valence-corrected chi connectivity index (χ1v) is 28.7. The van der Waals surface area contributed by atoms with E-state index < -0.39 is 52.2 Å². The lowest BCUT2D eigenvalue weighted by Gasteiger charge is -2.33. The summed E-state index contributed by atoms with van der Waals surface area (Å²) in [7, 11) is 0. The highest BCUT2D eigenvalue weighted by Crippen LogP contribution is 2.87. The van der Waals surface area contributed by atoms with Crippen molar-refractivity contribution >= 4 is 122 Å². The molecular weight excluding hydrogens is 1000 g/mol. The molecule has 0 radical (unpaired) electrons. The van der Waals surface area contributed by atoms with Gasteiger partial charge in [-0.2, -0.15) is 0 Å². The molecule has 8 aliphatic carbocycles. The molecule has 11 aromatic carbocycles. The monoisotopic (exact) mass is 1050 g/mol. The van der Waals surface area contributed by atoms with Gasteiger partial charge in [0.05, 0.1) is 13.2 Å². The smallest absolute Gasteiger partial charge is 0.465 e. The van der Waals surface area contributed by atoms with Crippen molar-refractivity contribution in [3.8, 4) is 11.5 Å². The van der Waals surface area contributed by atoms with Crippen LogP contribution in [0.2, 0.25) is 0 Å². The molecule has 10 heteroatoms. The van der Waals surface area contributed by atoms with E-state index >= 15 is 9.59 Å². The van der Waals surface area contributed by atoms with Crippen molar-refractivity contribution in [1.82, 2.24) is 0 Å². The molecule has 0 N–H and O–H groups in total. The molecule has 1 saturated carbocycles. The van der Waals surface area contributed by atoms with Crippen LogP contribution >= 0.6 is 0 Å². The van der Waals surface area contributed by atoms with Crippen LogP contribution in [0.4, 0.5) is 9.59 Å². The second kappa shape index (κ2) is 13.8. The van der Waals surface area contributed by atoms with Gasteiger partial charge in [-0.15, -0.1) is 0 Å². The maximum Gasteiger partial charge on any atom is 0.514 e. The molecule has 1 spiro atoms. The number of hydrogen-bond acceptors (Lipinski definition) is 10. The van der Waals surface area contributed by atoms with Gasteiger partial charge in [0, 0.05) is 23.2 Å². The Bertz CT molecular complexity index is 4750. The van der Waals surface area contributed by atoms with Gasteiger partial charge in [0.1, 0.15) is 22.7 Å². The van der Waals surface area contributed by atoms with Crippen molar-refractivity contribution in [2.45, 2.75) is 115 Å². The van der Waals surface area contributed by atoms with E-state index in [9.17, 15) is 9.59 Å². The molecule has 1 fully saturated rings. The maximum atomic E-state index is 16.0. The zero-order chi connectivity index (χ0) is 53.7. The number of rotatable bonds is 12. The summed E-state index contributed by atoms with van der Waals surface area (Å²) in [6, 6.07) is 22.1. The first kappa shape index (κ1) is 44.6. The fourth-order valence-electron chi connectivity index (χ4n) is 18.1. The third kappa shape index (κ3) is 4.96. The number of benzene rings is 9. The average Bonchev–Trinajstić information content (AvgIpc) is 1.65. The van der Waals surface area contributed by atoms with Crippen molar-refractivity contribution in [2.75, 3.05) is 13.2 Å². The molecule has 0 amide bonds. The summed E-state index contributed by atoms with van der Waals surface area (Å²) in [5.41, 5.74) is 13.0. The largest absolute Gasteiger partial charge is 0.514 e. The summed E-state index contributed by atoms with van der Waals surface area (Å²) in [5.74, 6) is -0.397. The maximum absolute atomic E-state index is 16.0. The lowest BCUT2D eigenvalue weighted by atomic mass is 9.70. The number of carbonyl (C=O) groups is 4. The van der Waals surface area contributed by atoms with E-state index in [-0.39, 0.29) is 25.0 Å². The molecule has 0 aliphatic heterocycles. The minimum absolute atomic E-state index is 0.110. The average molecular weight is 1050 g/mol. The normalized spacial score (nSPS) is 21.4. The summed E-state index contributed by atoms with van der Waals surface area (Å²) in [5, 5.41) is 22.5. The quantitative estimate of drug-likeness (QED) is 0.0292. The Morgan fingerprint density at radius 3 is 1.62 bits per heavy atom. The topological polar surface area (TPSA) is 124 Å². The van der Waals surface area contributed by atoms with E-state index in [1.165, 1.54) is 142 Å². The van der Waals surface area contributed by atoms with E-state index in [4.69, 9.17) is 28.4 Å². The zero-order valence-electron chi connectivity index (χ0n) is 45.2. The number of ether oxygens (including phenoxy) is 6. The van der Waals surface area contributed by atoms with Gasteiger partial charge in [-0.05, 0) is 269 Å². The Morgan fingerprint density at radius 2 is 1.02 bits per heavy atom. The molecule has 80 heavy (non-hydrogen) atoms. The molecular formula is C70H52O10. The number of aryl methyl sites for hydroxylation is 2. The van der Waals surface area contributed by atoms with Crippen molar-refractivity contribution in [3.05, 3.63) is 140 Å². The number of hydrogen-bond donors (Lipinski definition) is 0. The van der Waals surface area contributed by atoms with Gasteiger partial charge < -0.3 is 28.4 Å². The van der Waals surface area contributed by atoms with E-state index in [1.807, 2.05) is 24.3 Å². The van der Waals surface area contributed by atoms with Crippen LogP contribution in [0.5, 0.6) is 11.5 Å². The highest BCUT2D eigenvalue weighted by Gasteiger charge is 2.90. The fraction of sp³-hybridized carbons (Fsp3) is 0.314. The SMILES string of the molecule is CC(C)(C)OC(=O)Oc1ccc(CCCOC(=O)C2(C(=O)OCCCc3ccc(OC(=O)OC(C)(C)C)cc3)C3c4cc5c6c7c(cc8cc9c%10c%11c%12c%13c%14c%15c%16c(c%17c4c6c(c%17%14)c4c7c8c%10c%134)C32CC%16=CC(C=C%11C9)C%15%12)C5)cc1. The number of carbonyl (C=O) groups excluding carboxylic acids is 4. The van der Waals surface area contributed by atoms with Crippen LogP contribution in [-0.2, 0) is 59.6 Å². The Kier molecular flexibility index (Phi) is 7.71. The summed E-state index contributed by atoms with van der Waals surface area (Å²) < 4.78 is 34.7. The van der Waals surface area contributed by atoms with Gasteiger partial charge >= 0.3 is 24.2 Å². The first-order valence-electron chi connectivity index (χ1n) is 28.7. The van der Waals surface area contributed by atoms with Gasteiger partial charge in [0.25, 0.3) is 0 Å². The molecule has 0 saturated heterocycles. The van der Waals surface area contributed by atoms with Gasteiger partial charge in [-0.1, -0.05) is 54.6 Å². The lowest BCUT2D eigenvalue weighted by molar-refractivity contribution is -0.166. The van der Waals surface area contributed by atoms with Crippen LogP contribution < -0.4 is 9.47 Å². The standard InChI is InChI=1S/C70H52O10/c1-67(2,3)79-65(73)77-38-15-11-29(12-16-38)9-7-19-75-63(71)70(64(72)76-20-8-10-30-13-17-39(18-14-30)78-66(74)80-68(4,5)6)62-40-27-36-25-33-23-34-22-31-21-32-24-35-26-37-28-69(62,70)61-47(37)52-46(35)51-42(32)41(31)49-45(34)50-43(33)44(36)53-48(40)60(61)59-57(52)55(51)54(49)56(50)58(53)59/h11-18,22-24,26-27,35,46,62H,7-10,19-21,25,28H2,1-6H3. The van der Waals surface area contributed by atoms with Crippen LogP contribution in [-0.4, -0.2) is 48.7 Å². The minimum atomic E-state index is -1.63. The van der Waals surface area contributed by atoms with Gasteiger partial charge in [0.2, 0.25) is 0 Å². The van der Waals surface area contributed by atoms with Crippen LogP contribution in [0.1, 0.15) is 134 Å². The second-order valence-corrected chi connectivity index (χ2v) is 26.6. The molecule has 0 heterocycles. The molecule has 392 valence electrons. The van der Waals surface area contributed by atoms with Gasteiger partial charge in [0.15, 0.2) is 5.41 Å². The summed E-state index contributed by atoms with van der Waals surface area (Å²) in [6.07, 6.45) is 8.16. The number of esters is 2. The molecule has 19 rings (SSSR count).